The summed E-state index contributed by atoms with van der Waals surface area (Å²) in [5.41, 5.74) is 2.01. The molecule has 0 spiro atoms. The van der Waals surface area contributed by atoms with Gasteiger partial charge in [-0.25, -0.2) is 0 Å². The summed E-state index contributed by atoms with van der Waals surface area (Å²) in [6.07, 6.45) is -0.0313. The van der Waals surface area contributed by atoms with Crippen LogP contribution in [0.15, 0.2) is 54.6 Å². The van der Waals surface area contributed by atoms with Gasteiger partial charge in [-0.05, 0) is 36.6 Å². The molecule has 2 aromatic rings. The predicted octanol–water partition coefficient (Wildman–Crippen LogP) is 2.88. The van der Waals surface area contributed by atoms with Crippen molar-refractivity contribution >= 4 is 11.9 Å². The van der Waals surface area contributed by atoms with E-state index < -0.39 is 12.1 Å². The monoisotopic (exact) mass is 341 g/mol. The van der Waals surface area contributed by atoms with Crippen molar-refractivity contribution in [2.45, 2.75) is 32.4 Å². The van der Waals surface area contributed by atoms with E-state index >= 15 is 0 Å². The highest BCUT2D eigenvalue weighted by Crippen LogP contribution is 2.13. The third-order valence-electron chi connectivity index (χ3n) is 3.76. The number of hydrogen-bond acceptors (Lipinski definition) is 4. The maximum absolute atomic E-state index is 12.0. The maximum atomic E-state index is 12.0. The van der Waals surface area contributed by atoms with Crippen molar-refractivity contribution in [2.24, 2.45) is 0 Å². The number of rotatable bonds is 8. The predicted molar refractivity (Wildman–Crippen MR) is 95.2 cm³/mol. The summed E-state index contributed by atoms with van der Waals surface area (Å²) < 4.78 is 10.3. The van der Waals surface area contributed by atoms with E-state index in [1.807, 2.05) is 54.6 Å². The van der Waals surface area contributed by atoms with Crippen molar-refractivity contribution in [1.29, 1.82) is 0 Å². The average Bonchev–Trinajstić information content (AvgIpc) is 2.65. The summed E-state index contributed by atoms with van der Waals surface area (Å²) in [4.78, 5) is 23.9. The van der Waals surface area contributed by atoms with Gasteiger partial charge in [-0.2, -0.15) is 0 Å². The molecule has 2 aromatic carbocycles. The highest BCUT2D eigenvalue weighted by molar-refractivity contribution is 5.83. The highest BCUT2D eigenvalue weighted by atomic mass is 16.5. The van der Waals surface area contributed by atoms with Crippen molar-refractivity contribution in [3.63, 3.8) is 0 Å². The first kappa shape index (κ1) is 18.5. The standard InChI is InChI=1S/C20H23NO4/c1-15(20(23)21-14-17-6-4-3-5-7-17)25-19(22)13-10-16-8-11-18(24-2)12-9-16/h3-9,11-12,15H,10,13-14H2,1-2H3,(H,21,23)/t15-/m0/s1. The van der Waals surface area contributed by atoms with Gasteiger partial charge in [0.1, 0.15) is 5.75 Å². The molecule has 0 aliphatic heterocycles. The number of aryl methyl sites for hydroxylation is 1. The van der Waals surface area contributed by atoms with Gasteiger partial charge in [-0.15, -0.1) is 0 Å². The number of hydrogen-bond donors (Lipinski definition) is 1. The van der Waals surface area contributed by atoms with E-state index in [0.717, 1.165) is 16.9 Å². The second-order valence-electron chi connectivity index (χ2n) is 5.68. The molecule has 132 valence electrons. The van der Waals surface area contributed by atoms with Crippen molar-refractivity contribution in [1.82, 2.24) is 5.32 Å². The summed E-state index contributed by atoms with van der Waals surface area (Å²) in [6.45, 7) is 1.99. The molecule has 5 heteroatoms. The summed E-state index contributed by atoms with van der Waals surface area (Å²) in [7, 11) is 1.61. The number of esters is 1. The van der Waals surface area contributed by atoms with Gasteiger partial charge in [0.25, 0.3) is 5.91 Å². The lowest BCUT2D eigenvalue weighted by Gasteiger charge is -2.13. The molecule has 2 rings (SSSR count). The van der Waals surface area contributed by atoms with E-state index in [-0.39, 0.29) is 12.3 Å². The molecule has 0 saturated carbocycles. The van der Waals surface area contributed by atoms with Gasteiger partial charge in [0.2, 0.25) is 0 Å². The van der Waals surface area contributed by atoms with Crippen LogP contribution in [-0.2, 0) is 27.3 Å². The Morgan fingerprint density at radius 1 is 1.00 bits per heavy atom. The fraction of sp³-hybridized carbons (Fsp3) is 0.300. The zero-order valence-corrected chi connectivity index (χ0v) is 14.5. The summed E-state index contributed by atoms with van der Waals surface area (Å²) in [6, 6.07) is 17.1. The first-order valence-electron chi connectivity index (χ1n) is 8.22. The molecule has 25 heavy (non-hydrogen) atoms. The Morgan fingerprint density at radius 3 is 2.32 bits per heavy atom. The number of benzene rings is 2. The molecule has 0 bridgehead atoms. The van der Waals surface area contributed by atoms with Crippen molar-refractivity contribution in [2.75, 3.05) is 7.11 Å². The van der Waals surface area contributed by atoms with E-state index in [2.05, 4.69) is 5.32 Å². The maximum Gasteiger partial charge on any atom is 0.306 e. The van der Waals surface area contributed by atoms with Gasteiger partial charge in [0.15, 0.2) is 6.10 Å². The zero-order chi connectivity index (χ0) is 18.1. The Morgan fingerprint density at radius 2 is 1.68 bits per heavy atom. The first-order chi connectivity index (χ1) is 12.1. The van der Waals surface area contributed by atoms with Crippen molar-refractivity contribution in [3.05, 3.63) is 65.7 Å². The van der Waals surface area contributed by atoms with E-state index in [9.17, 15) is 9.59 Å². The summed E-state index contributed by atoms with van der Waals surface area (Å²) in [5.74, 6) is 0.0786. The third-order valence-corrected chi connectivity index (χ3v) is 3.76. The molecule has 0 aliphatic rings. The molecule has 0 unspecified atom stereocenters. The molecule has 5 nitrogen and oxygen atoms in total. The Bertz CT molecular complexity index is 683. The van der Waals surface area contributed by atoms with Gasteiger partial charge in [-0.1, -0.05) is 42.5 Å². The van der Waals surface area contributed by atoms with E-state index in [1.54, 1.807) is 14.0 Å². The minimum atomic E-state index is -0.813. The molecule has 1 N–H and O–H groups in total. The van der Waals surface area contributed by atoms with Gasteiger partial charge < -0.3 is 14.8 Å². The molecule has 0 aromatic heterocycles. The Kier molecular flexibility index (Phi) is 7.01. The normalized spacial score (nSPS) is 11.4. The van der Waals surface area contributed by atoms with E-state index in [0.29, 0.717) is 13.0 Å². The number of carbonyl (C=O) groups excluding carboxylic acids is 2. The lowest BCUT2D eigenvalue weighted by molar-refractivity contribution is -0.154. The van der Waals surface area contributed by atoms with Crippen molar-refractivity contribution in [3.8, 4) is 5.75 Å². The highest BCUT2D eigenvalue weighted by Gasteiger charge is 2.17. The van der Waals surface area contributed by atoms with Gasteiger partial charge >= 0.3 is 5.97 Å². The minimum absolute atomic E-state index is 0.225. The number of carbonyl (C=O) groups is 2. The molecular weight excluding hydrogens is 318 g/mol. The minimum Gasteiger partial charge on any atom is -0.497 e. The average molecular weight is 341 g/mol. The fourth-order valence-electron chi connectivity index (χ4n) is 2.28. The second kappa shape index (κ2) is 9.47. The first-order valence-corrected chi connectivity index (χ1v) is 8.22. The lowest BCUT2D eigenvalue weighted by atomic mass is 10.1. The Labute approximate surface area is 148 Å². The lowest BCUT2D eigenvalue weighted by Crippen LogP contribution is -2.35. The van der Waals surface area contributed by atoms with Crippen LogP contribution in [-0.4, -0.2) is 25.1 Å². The molecule has 0 heterocycles. The number of nitrogens with one attached hydrogen (secondary N) is 1. The van der Waals surface area contributed by atoms with Crippen LogP contribution < -0.4 is 10.1 Å². The van der Waals surface area contributed by atoms with Gasteiger partial charge in [0, 0.05) is 13.0 Å². The number of ether oxygens (including phenoxy) is 2. The quantitative estimate of drug-likeness (QED) is 0.750. The van der Waals surface area contributed by atoms with E-state index in [4.69, 9.17) is 9.47 Å². The van der Waals surface area contributed by atoms with Crippen LogP contribution in [0.1, 0.15) is 24.5 Å². The van der Waals surface area contributed by atoms with Crippen LogP contribution in [0.25, 0.3) is 0 Å². The number of methoxy groups -OCH3 is 1. The summed E-state index contributed by atoms with van der Waals surface area (Å²) >= 11 is 0. The molecule has 0 aliphatic carbocycles. The molecule has 0 saturated heterocycles. The molecule has 1 amide bonds. The van der Waals surface area contributed by atoms with Crippen LogP contribution in [0.5, 0.6) is 5.75 Å². The SMILES string of the molecule is COc1ccc(CCC(=O)O[C@@H](C)C(=O)NCc2ccccc2)cc1. The topological polar surface area (TPSA) is 64.6 Å². The summed E-state index contributed by atoms with van der Waals surface area (Å²) in [5, 5.41) is 2.76. The fourth-order valence-corrected chi connectivity index (χ4v) is 2.28. The van der Waals surface area contributed by atoms with Crippen LogP contribution in [0.4, 0.5) is 0 Å². The van der Waals surface area contributed by atoms with E-state index in [1.165, 1.54) is 0 Å². The smallest absolute Gasteiger partial charge is 0.306 e. The molecule has 0 radical (unpaired) electrons. The molecular formula is C20H23NO4. The van der Waals surface area contributed by atoms with Crippen LogP contribution >= 0.6 is 0 Å². The van der Waals surface area contributed by atoms with Crippen molar-refractivity contribution < 1.29 is 19.1 Å². The number of amides is 1. The zero-order valence-electron chi connectivity index (χ0n) is 14.5. The van der Waals surface area contributed by atoms with Crippen LogP contribution in [0, 0.1) is 0 Å². The molecule has 0 fully saturated rings. The van der Waals surface area contributed by atoms with Crippen LogP contribution in [0.3, 0.4) is 0 Å². The Balaban J connectivity index is 1.72. The van der Waals surface area contributed by atoms with Gasteiger partial charge in [0.05, 0.1) is 7.11 Å². The third kappa shape index (κ3) is 6.30. The second-order valence-corrected chi connectivity index (χ2v) is 5.68. The van der Waals surface area contributed by atoms with Gasteiger partial charge in [-0.3, -0.25) is 9.59 Å². The largest absolute Gasteiger partial charge is 0.497 e. The van der Waals surface area contributed by atoms with Crippen LogP contribution in [0.2, 0.25) is 0 Å². The Hall–Kier alpha value is -2.82. The molecule has 1 atom stereocenters.